The van der Waals surface area contributed by atoms with Crippen molar-refractivity contribution in [2.75, 3.05) is 0 Å². The fourth-order valence-electron chi connectivity index (χ4n) is 0. The van der Waals surface area contributed by atoms with Gasteiger partial charge in [-0.25, -0.2) is 0 Å². The van der Waals surface area contributed by atoms with Crippen molar-refractivity contribution >= 4 is 20.4 Å². The molecule has 2 heteroatoms. The van der Waals surface area contributed by atoms with Crippen molar-refractivity contribution in [1.29, 1.82) is 0 Å². The molecule has 6 heavy (non-hydrogen) atoms. The van der Waals surface area contributed by atoms with Crippen LogP contribution in [-0.4, -0.2) is 8.80 Å². The third kappa shape index (κ3) is 2.48. The Morgan fingerprint density at radius 2 is 1.83 bits per heavy atom. The smallest absolute Gasteiger partial charge is 0.0938 e. The predicted molar refractivity (Wildman–Crippen MR) is 32.5 cm³/mol. The van der Waals surface area contributed by atoms with Crippen LogP contribution in [0.2, 0.25) is 13.1 Å². The maximum Gasteiger partial charge on any atom is 0.0938 e. The van der Waals surface area contributed by atoms with Crippen molar-refractivity contribution < 1.29 is 0 Å². The van der Waals surface area contributed by atoms with Crippen LogP contribution in [0, 0.1) is 0 Å². The molecule has 0 N–H and O–H groups in total. The summed E-state index contributed by atoms with van der Waals surface area (Å²) in [4.78, 5) is 0. The minimum atomic E-state index is -0.381. The Bertz CT molecular complexity index is 58.6. The van der Waals surface area contributed by atoms with Crippen molar-refractivity contribution in [1.82, 2.24) is 0 Å². The van der Waals surface area contributed by atoms with Crippen LogP contribution >= 0.6 is 11.6 Å². The highest BCUT2D eigenvalue weighted by atomic mass is 35.5. The van der Waals surface area contributed by atoms with E-state index in [9.17, 15) is 0 Å². The molecule has 0 aliphatic heterocycles. The SMILES string of the molecule is C=C(Cl)[Si](C)C. The molecular weight excluding hydrogens is 112 g/mol. The molecule has 0 aromatic rings. The zero-order valence-electron chi connectivity index (χ0n) is 4.09. The molecule has 0 bridgehead atoms. The molecule has 0 aromatic heterocycles. The van der Waals surface area contributed by atoms with Gasteiger partial charge in [0.25, 0.3) is 0 Å². The molecule has 0 rings (SSSR count). The molecule has 0 aromatic carbocycles. The van der Waals surface area contributed by atoms with E-state index in [-0.39, 0.29) is 8.80 Å². The second-order valence-electron chi connectivity index (χ2n) is 1.40. The van der Waals surface area contributed by atoms with Crippen LogP contribution in [0.25, 0.3) is 0 Å². The van der Waals surface area contributed by atoms with E-state index in [0.717, 1.165) is 4.66 Å². The van der Waals surface area contributed by atoms with Gasteiger partial charge in [-0.05, 0) is 4.66 Å². The molecule has 0 aliphatic rings. The van der Waals surface area contributed by atoms with Crippen molar-refractivity contribution in [2.24, 2.45) is 0 Å². The highest BCUT2D eigenvalue weighted by molar-refractivity contribution is 6.75. The zero-order valence-corrected chi connectivity index (χ0v) is 5.84. The maximum atomic E-state index is 5.46. The molecule has 0 amide bonds. The second kappa shape index (κ2) is 2.43. The molecule has 0 nitrogen and oxygen atoms in total. The van der Waals surface area contributed by atoms with Gasteiger partial charge in [-0.3, -0.25) is 0 Å². The van der Waals surface area contributed by atoms with E-state index in [2.05, 4.69) is 19.7 Å². The average molecular weight is 120 g/mol. The van der Waals surface area contributed by atoms with E-state index in [1.165, 1.54) is 0 Å². The average Bonchev–Trinajstić information content (AvgIpc) is 1.36. The zero-order chi connectivity index (χ0) is 5.15. The lowest BCUT2D eigenvalue weighted by atomic mass is 11.2. The number of hydrogen-bond donors (Lipinski definition) is 0. The minimum absolute atomic E-state index is 0.381. The molecule has 0 aliphatic carbocycles. The van der Waals surface area contributed by atoms with Gasteiger partial charge in [-0.15, -0.1) is 0 Å². The lowest BCUT2D eigenvalue weighted by molar-refractivity contribution is 1.97. The highest BCUT2D eigenvalue weighted by Crippen LogP contribution is 2.00. The summed E-state index contributed by atoms with van der Waals surface area (Å²) >= 11 is 5.46. The van der Waals surface area contributed by atoms with Gasteiger partial charge < -0.3 is 0 Å². The summed E-state index contributed by atoms with van der Waals surface area (Å²) in [5, 5.41) is 0. The summed E-state index contributed by atoms with van der Waals surface area (Å²) in [5.74, 6) is 0. The van der Waals surface area contributed by atoms with Gasteiger partial charge in [-0.2, -0.15) is 0 Å². The largest absolute Gasteiger partial charge is 0.0952 e. The number of rotatable bonds is 1. The van der Waals surface area contributed by atoms with Gasteiger partial charge in [0.1, 0.15) is 0 Å². The molecule has 0 saturated heterocycles. The maximum absolute atomic E-state index is 5.46. The molecule has 0 fully saturated rings. The lowest BCUT2D eigenvalue weighted by Crippen LogP contribution is -1.96. The summed E-state index contributed by atoms with van der Waals surface area (Å²) in [6.07, 6.45) is 0. The minimum Gasteiger partial charge on any atom is -0.0952 e. The third-order valence-electron chi connectivity index (χ3n) is 0.543. The lowest BCUT2D eigenvalue weighted by Gasteiger charge is -1.91. The summed E-state index contributed by atoms with van der Waals surface area (Å²) in [5.41, 5.74) is 0. The normalized spacial score (nSPS) is 9.33. The molecule has 0 saturated carbocycles. The van der Waals surface area contributed by atoms with Crippen LogP contribution in [0.15, 0.2) is 11.2 Å². The van der Waals surface area contributed by atoms with Crippen LogP contribution in [0.3, 0.4) is 0 Å². The Kier molecular flexibility index (Phi) is 2.52. The summed E-state index contributed by atoms with van der Waals surface area (Å²) in [7, 11) is -0.381. The Hall–Kier alpha value is 0.247. The van der Waals surface area contributed by atoms with Gasteiger partial charge in [0.05, 0.1) is 8.80 Å². The van der Waals surface area contributed by atoms with Crippen LogP contribution in [0.5, 0.6) is 0 Å². The van der Waals surface area contributed by atoms with Gasteiger partial charge >= 0.3 is 0 Å². The Morgan fingerprint density at radius 1 is 1.67 bits per heavy atom. The summed E-state index contributed by atoms with van der Waals surface area (Å²) in [6.45, 7) is 7.79. The first kappa shape index (κ1) is 6.25. The Labute approximate surface area is 45.4 Å². The van der Waals surface area contributed by atoms with E-state index in [1.54, 1.807) is 0 Å². The molecule has 0 atom stereocenters. The molecular formula is C4H8ClSi. The van der Waals surface area contributed by atoms with Crippen molar-refractivity contribution in [3.63, 3.8) is 0 Å². The van der Waals surface area contributed by atoms with Crippen LogP contribution in [-0.2, 0) is 0 Å². The fraction of sp³-hybridized carbons (Fsp3) is 0.500. The van der Waals surface area contributed by atoms with Crippen LogP contribution < -0.4 is 0 Å². The van der Waals surface area contributed by atoms with Gasteiger partial charge in [0, 0.05) is 0 Å². The monoisotopic (exact) mass is 119 g/mol. The van der Waals surface area contributed by atoms with Crippen molar-refractivity contribution in [2.45, 2.75) is 13.1 Å². The summed E-state index contributed by atoms with van der Waals surface area (Å²) < 4.78 is 0.833. The first-order valence-corrected chi connectivity index (χ1v) is 4.67. The van der Waals surface area contributed by atoms with Gasteiger partial charge in [0.2, 0.25) is 0 Å². The first-order chi connectivity index (χ1) is 2.64. The third-order valence-corrected chi connectivity index (χ3v) is 2.76. The molecule has 0 heterocycles. The molecule has 0 spiro atoms. The predicted octanol–water partition coefficient (Wildman–Crippen LogP) is 2.03. The van der Waals surface area contributed by atoms with Crippen LogP contribution in [0.4, 0.5) is 0 Å². The molecule has 35 valence electrons. The van der Waals surface area contributed by atoms with Crippen molar-refractivity contribution in [3.05, 3.63) is 11.2 Å². The van der Waals surface area contributed by atoms with E-state index >= 15 is 0 Å². The van der Waals surface area contributed by atoms with E-state index < -0.39 is 0 Å². The van der Waals surface area contributed by atoms with E-state index in [1.807, 2.05) is 0 Å². The van der Waals surface area contributed by atoms with E-state index in [0.29, 0.717) is 0 Å². The van der Waals surface area contributed by atoms with E-state index in [4.69, 9.17) is 11.6 Å². The van der Waals surface area contributed by atoms with Crippen molar-refractivity contribution in [3.8, 4) is 0 Å². The van der Waals surface area contributed by atoms with Gasteiger partial charge in [-0.1, -0.05) is 31.3 Å². The van der Waals surface area contributed by atoms with Crippen LogP contribution in [0.1, 0.15) is 0 Å². The topological polar surface area (TPSA) is 0 Å². The fourth-order valence-corrected chi connectivity index (χ4v) is 0. The molecule has 0 unspecified atom stereocenters. The number of hydrogen-bond acceptors (Lipinski definition) is 0. The Morgan fingerprint density at radius 3 is 1.83 bits per heavy atom. The first-order valence-electron chi connectivity index (χ1n) is 1.79. The van der Waals surface area contributed by atoms with Gasteiger partial charge in [0.15, 0.2) is 0 Å². The quantitative estimate of drug-likeness (QED) is 0.464. The Balaban J connectivity index is 3.26. The summed E-state index contributed by atoms with van der Waals surface area (Å²) in [6, 6.07) is 0. The second-order valence-corrected chi connectivity index (χ2v) is 4.78. The number of halogens is 1. The standard InChI is InChI=1S/C4H8ClSi/c1-4(5)6(2)3/h1H2,2-3H3. The molecule has 1 radical (unpaired) electrons. The highest BCUT2D eigenvalue weighted by Gasteiger charge is 1.93.